The van der Waals surface area contributed by atoms with E-state index >= 15 is 0 Å². The summed E-state index contributed by atoms with van der Waals surface area (Å²) in [4.78, 5) is 50.5. The lowest BCUT2D eigenvalue weighted by Gasteiger charge is -2.26. The van der Waals surface area contributed by atoms with Crippen LogP contribution in [-0.4, -0.2) is 42.7 Å². The van der Waals surface area contributed by atoms with Crippen molar-refractivity contribution in [3.8, 4) is 0 Å². The average Bonchev–Trinajstić information content (AvgIpc) is 2.99. The molecule has 0 radical (unpaired) electrons. The van der Waals surface area contributed by atoms with Crippen molar-refractivity contribution in [3.05, 3.63) is 59.2 Å². The summed E-state index contributed by atoms with van der Waals surface area (Å²) in [7, 11) is -4.32. The summed E-state index contributed by atoms with van der Waals surface area (Å²) in [5.74, 6) is -4.37. The van der Waals surface area contributed by atoms with E-state index in [9.17, 15) is 36.4 Å². The molecule has 1 fully saturated rings. The second-order valence-corrected chi connectivity index (χ2v) is 9.52. The summed E-state index contributed by atoms with van der Waals surface area (Å²) in [6.07, 6.45) is 0.820. The summed E-state index contributed by atoms with van der Waals surface area (Å²) in [5.41, 5.74) is -0.190. The highest BCUT2D eigenvalue weighted by Crippen LogP contribution is 2.31. The van der Waals surface area contributed by atoms with Gasteiger partial charge in [0.05, 0.1) is 22.1 Å². The van der Waals surface area contributed by atoms with Crippen LogP contribution in [0, 0.1) is 11.6 Å². The molecule has 4 rings (SSSR count). The van der Waals surface area contributed by atoms with E-state index in [-0.39, 0.29) is 54.1 Å². The van der Waals surface area contributed by atoms with Gasteiger partial charge in [0, 0.05) is 24.9 Å². The molecule has 2 amide bonds. The van der Waals surface area contributed by atoms with Gasteiger partial charge in [0.25, 0.3) is 21.8 Å². The van der Waals surface area contributed by atoms with Gasteiger partial charge in [0.15, 0.2) is 17.4 Å². The molecule has 1 N–H and O–H groups in total. The standard InChI is InChI=1S/C22H18F2N2O6S/c23-17-8-6-14(11-18(17)24)33(31,32)25-12-4-7-15-16(10-12)22(30)26(21(15)29)19-9-5-13(27)2-1-3-20(19)28/h4,6-8,10-11,19,25H,1-3,5,9H2. The van der Waals surface area contributed by atoms with Crippen molar-refractivity contribution in [2.75, 3.05) is 4.72 Å². The fourth-order valence-corrected chi connectivity index (χ4v) is 5.01. The smallest absolute Gasteiger partial charge is 0.262 e. The third kappa shape index (κ3) is 4.28. The highest BCUT2D eigenvalue weighted by Gasteiger charge is 2.43. The quantitative estimate of drug-likeness (QED) is 0.678. The van der Waals surface area contributed by atoms with Crippen LogP contribution in [0.25, 0.3) is 0 Å². The molecule has 1 aliphatic heterocycles. The largest absolute Gasteiger partial charge is 0.300 e. The van der Waals surface area contributed by atoms with Gasteiger partial charge >= 0.3 is 0 Å². The zero-order chi connectivity index (χ0) is 23.9. The first kappa shape index (κ1) is 22.7. The minimum Gasteiger partial charge on any atom is -0.300 e. The molecular formula is C22H18F2N2O6S. The minimum atomic E-state index is -4.32. The predicted molar refractivity (Wildman–Crippen MR) is 111 cm³/mol. The zero-order valence-electron chi connectivity index (χ0n) is 17.1. The van der Waals surface area contributed by atoms with Crippen molar-refractivity contribution in [3.63, 3.8) is 0 Å². The van der Waals surface area contributed by atoms with E-state index in [1.165, 1.54) is 12.1 Å². The van der Waals surface area contributed by atoms with Gasteiger partial charge in [-0.15, -0.1) is 0 Å². The molecule has 1 atom stereocenters. The molecular weight excluding hydrogens is 458 g/mol. The van der Waals surface area contributed by atoms with Gasteiger partial charge in [-0.25, -0.2) is 17.2 Å². The Kier molecular flexibility index (Phi) is 5.83. The third-order valence-corrected chi connectivity index (χ3v) is 7.01. The molecule has 0 spiro atoms. The molecule has 33 heavy (non-hydrogen) atoms. The van der Waals surface area contributed by atoms with Crippen molar-refractivity contribution in [1.82, 2.24) is 4.90 Å². The normalized spacial score (nSPS) is 19.3. The van der Waals surface area contributed by atoms with Crippen molar-refractivity contribution in [2.24, 2.45) is 0 Å². The topological polar surface area (TPSA) is 118 Å². The van der Waals surface area contributed by atoms with Crippen molar-refractivity contribution < 1.29 is 36.4 Å². The number of sulfonamides is 1. The Balaban J connectivity index is 1.61. The summed E-state index contributed by atoms with van der Waals surface area (Å²) in [6.45, 7) is 0. The number of hydrogen-bond acceptors (Lipinski definition) is 6. The monoisotopic (exact) mass is 476 g/mol. The van der Waals surface area contributed by atoms with E-state index in [1.54, 1.807) is 0 Å². The number of amides is 2. The summed E-state index contributed by atoms with van der Waals surface area (Å²) >= 11 is 0. The number of fused-ring (bicyclic) bond motifs is 1. The number of carbonyl (C=O) groups excluding carboxylic acids is 4. The third-order valence-electron chi connectivity index (χ3n) is 5.63. The minimum absolute atomic E-state index is 0.00281. The van der Waals surface area contributed by atoms with E-state index in [4.69, 9.17) is 0 Å². The maximum atomic E-state index is 13.4. The maximum absolute atomic E-state index is 13.4. The molecule has 1 saturated carbocycles. The van der Waals surface area contributed by atoms with Crippen molar-refractivity contribution in [2.45, 2.75) is 43.0 Å². The molecule has 0 aromatic heterocycles. The van der Waals surface area contributed by atoms with Gasteiger partial charge in [0.1, 0.15) is 5.78 Å². The zero-order valence-corrected chi connectivity index (χ0v) is 18.0. The Morgan fingerprint density at radius 1 is 0.848 bits per heavy atom. The van der Waals surface area contributed by atoms with Crippen LogP contribution in [-0.2, 0) is 19.6 Å². The summed E-state index contributed by atoms with van der Waals surface area (Å²) in [5, 5.41) is 0. The molecule has 2 aromatic carbocycles. The second-order valence-electron chi connectivity index (χ2n) is 7.84. The van der Waals surface area contributed by atoms with Crippen LogP contribution in [0.5, 0.6) is 0 Å². The Hall–Kier alpha value is -3.47. The number of rotatable bonds is 4. The first-order valence-corrected chi connectivity index (χ1v) is 11.6. The average molecular weight is 476 g/mol. The van der Waals surface area contributed by atoms with Crippen LogP contribution in [0.1, 0.15) is 52.8 Å². The van der Waals surface area contributed by atoms with Crippen LogP contribution >= 0.6 is 0 Å². The molecule has 1 unspecified atom stereocenters. The fourth-order valence-electron chi connectivity index (χ4n) is 3.95. The Morgan fingerprint density at radius 2 is 1.58 bits per heavy atom. The Morgan fingerprint density at radius 3 is 2.30 bits per heavy atom. The molecule has 1 heterocycles. The van der Waals surface area contributed by atoms with Crippen LogP contribution in [0.3, 0.4) is 0 Å². The van der Waals surface area contributed by atoms with Gasteiger partial charge in [-0.05, 0) is 49.2 Å². The van der Waals surface area contributed by atoms with Gasteiger partial charge in [-0.2, -0.15) is 0 Å². The van der Waals surface area contributed by atoms with E-state index in [2.05, 4.69) is 4.72 Å². The Bertz CT molecular complexity index is 1310. The lowest BCUT2D eigenvalue weighted by atomic mass is 9.94. The van der Waals surface area contributed by atoms with E-state index < -0.39 is 44.4 Å². The number of nitrogens with one attached hydrogen (secondary N) is 1. The highest BCUT2D eigenvalue weighted by molar-refractivity contribution is 7.92. The number of Topliss-reactive ketones (excluding diaryl/α,β-unsaturated/α-hetero) is 2. The van der Waals surface area contributed by atoms with Crippen molar-refractivity contribution >= 4 is 39.1 Å². The van der Waals surface area contributed by atoms with Crippen LogP contribution in [0.2, 0.25) is 0 Å². The number of nitrogens with zero attached hydrogens (tertiary/aromatic N) is 1. The number of imide groups is 1. The number of anilines is 1. The first-order chi connectivity index (χ1) is 15.6. The molecule has 2 aromatic rings. The summed E-state index contributed by atoms with van der Waals surface area (Å²) in [6, 6.07) is 4.64. The molecule has 8 nitrogen and oxygen atoms in total. The summed E-state index contributed by atoms with van der Waals surface area (Å²) < 4.78 is 53.8. The van der Waals surface area contributed by atoms with Gasteiger partial charge in [0.2, 0.25) is 0 Å². The molecule has 1 aliphatic carbocycles. The number of ketones is 2. The lowest BCUT2D eigenvalue weighted by molar-refractivity contribution is -0.125. The molecule has 0 saturated heterocycles. The number of benzene rings is 2. The lowest BCUT2D eigenvalue weighted by Crippen LogP contribution is -2.45. The first-order valence-electron chi connectivity index (χ1n) is 10.1. The molecule has 0 bridgehead atoms. The van der Waals surface area contributed by atoms with Gasteiger partial charge < -0.3 is 0 Å². The number of carbonyl (C=O) groups is 4. The van der Waals surface area contributed by atoms with Crippen LogP contribution in [0.15, 0.2) is 41.3 Å². The predicted octanol–water partition coefficient (Wildman–Crippen LogP) is 2.83. The van der Waals surface area contributed by atoms with Crippen LogP contribution in [0.4, 0.5) is 14.5 Å². The maximum Gasteiger partial charge on any atom is 0.262 e. The number of halogens is 2. The van der Waals surface area contributed by atoms with Crippen molar-refractivity contribution in [1.29, 1.82) is 0 Å². The SMILES string of the molecule is O=C1CCCC(=O)C(N2C(=O)c3ccc(NS(=O)(=O)c4ccc(F)c(F)c4)cc3C2=O)CC1. The molecule has 172 valence electrons. The fraction of sp³-hybridized carbons (Fsp3) is 0.273. The molecule has 11 heteroatoms. The van der Waals surface area contributed by atoms with Gasteiger partial charge in [-0.1, -0.05) is 0 Å². The van der Waals surface area contributed by atoms with E-state index in [0.29, 0.717) is 18.6 Å². The molecule has 2 aliphatic rings. The van der Waals surface area contributed by atoms with Gasteiger partial charge in [-0.3, -0.25) is 28.8 Å². The highest BCUT2D eigenvalue weighted by atomic mass is 32.2. The second kappa shape index (κ2) is 8.47. The van der Waals surface area contributed by atoms with E-state index in [0.717, 1.165) is 17.0 Å². The number of hydrogen-bond donors (Lipinski definition) is 1. The van der Waals surface area contributed by atoms with E-state index in [1.807, 2.05) is 0 Å². The Labute approximate surface area is 187 Å². The van der Waals surface area contributed by atoms with Crippen LogP contribution < -0.4 is 4.72 Å².